The van der Waals surface area contributed by atoms with Crippen LogP contribution in [0, 0.1) is 0 Å². The highest BCUT2D eigenvalue weighted by Gasteiger charge is 2.09. The van der Waals surface area contributed by atoms with E-state index in [1.807, 2.05) is 6.92 Å². The molecule has 0 aromatic heterocycles. The lowest BCUT2D eigenvalue weighted by Crippen LogP contribution is -2.19. The average molecular weight is 176 g/mol. The third-order valence-corrected chi connectivity index (χ3v) is 1.31. The summed E-state index contributed by atoms with van der Waals surface area (Å²) in [6, 6.07) is 0. The van der Waals surface area contributed by atoms with Crippen LogP contribution in [0.15, 0.2) is 0 Å². The molecule has 0 aliphatic heterocycles. The second kappa shape index (κ2) is 5.83. The summed E-state index contributed by atoms with van der Waals surface area (Å²) in [6.07, 6.45) is -0.740. The second-order valence-electron chi connectivity index (χ2n) is 2.75. The molecule has 0 aliphatic rings. The van der Waals surface area contributed by atoms with E-state index in [1.54, 1.807) is 6.92 Å². The molecule has 4 nitrogen and oxygen atoms in total. The predicted molar refractivity (Wildman–Crippen MR) is 43.9 cm³/mol. The molecule has 0 spiro atoms. The Kier molecular flexibility index (Phi) is 5.45. The SMILES string of the molecule is CCC(C)OC(=O)OCC(C)O. The Bertz CT molecular complexity index is 133. The van der Waals surface area contributed by atoms with Crippen LogP contribution in [0.5, 0.6) is 0 Å². The van der Waals surface area contributed by atoms with Crippen LogP contribution in [0.3, 0.4) is 0 Å². The summed E-state index contributed by atoms with van der Waals surface area (Å²) >= 11 is 0. The number of ether oxygens (including phenoxy) is 2. The molecule has 0 saturated carbocycles. The molecule has 2 unspecified atom stereocenters. The van der Waals surface area contributed by atoms with Gasteiger partial charge in [-0.3, -0.25) is 0 Å². The number of aliphatic hydroxyl groups is 1. The number of carbonyl (C=O) groups is 1. The fourth-order valence-corrected chi connectivity index (χ4v) is 0.470. The smallest absolute Gasteiger partial charge is 0.432 e. The maximum Gasteiger partial charge on any atom is 0.508 e. The Balaban J connectivity index is 3.46. The zero-order valence-electron chi connectivity index (χ0n) is 7.74. The van der Waals surface area contributed by atoms with Gasteiger partial charge in [-0.25, -0.2) is 4.79 Å². The standard InChI is InChI=1S/C8H16O4/c1-4-7(3)12-8(10)11-5-6(2)9/h6-7,9H,4-5H2,1-3H3. The van der Waals surface area contributed by atoms with E-state index in [1.165, 1.54) is 6.92 Å². The highest BCUT2D eigenvalue weighted by atomic mass is 16.7. The number of hydrogen-bond acceptors (Lipinski definition) is 4. The zero-order valence-corrected chi connectivity index (χ0v) is 7.74. The van der Waals surface area contributed by atoms with Gasteiger partial charge in [-0.2, -0.15) is 0 Å². The van der Waals surface area contributed by atoms with E-state index in [0.29, 0.717) is 0 Å². The highest BCUT2D eigenvalue weighted by molar-refractivity contribution is 5.60. The summed E-state index contributed by atoms with van der Waals surface area (Å²) in [7, 11) is 0. The second-order valence-corrected chi connectivity index (χ2v) is 2.75. The van der Waals surface area contributed by atoms with Crippen LogP contribution in [0.25, 0.3) is 0 Å². The normalized spacial score (nSPS) is 15.0. The summed E-state index contributed by atoms with van der Waals surface area (Å²) in [4.78, 5) is 10.8. The quantitative estimate of drug-likeness (QED) is 0.656. The van der Waals surface area contributed by atoms with E-state index in [4.69, 9.17) is 9.84 Å². The lowest BCUT2D eigenvalue weighted by Gasteiger charge is -2.11. The van der Waals surface area contributed by atoms with Crippen molar-refractivity contribution < 1.29 is 19.4 Å². The minimum absolute atomic E-state index is 0.0186. The molecule has 0 bridgehead atoms. The van der Waals surface area contributed by atoms with Gasteiger partial charge in [-0.1, -0.05) is 6.92 Å². The topological polar surface area (TPSA) is 55.8 Å². The van der Waals surface area contributed by atoms with Crippen molar-refractivity contribution in [2.75, 3.05) is 6.61 Å². The fraction of sp³-hybridized carbons (Fsp3) is 0.875. The van der Waals surface area contributed by atoms with Gasteiger partial charge in [0, 0.05) is 0 Å². The van der Waals surface area contributed by atoms with Crippen LogP contribution in [-0.4, -0.2) is 30.1 Å². The molecular weight excluding hydrogens is 160 g/mol. The molecule has 72 valence electrons. The third-order valence-electron chi connectivity index (χ3n) is 1.31. The van der Waals surface area contributed by atoms with Crippen LogP contribution >= 0.6 is 0 Å². The van der Waals surface area contributed by atoms with Crippen LogP contribution in [-0.2, 0) is 9.47 Å². The van der Waals surface area contributed by atoms with Crippen molar-refractivity contribution in [2.45, 2.75) is 39.4 Å². The van der Waals surface area contributed by atoms with Crippen LogP contribution in [0.1, 0.15) is 27.2 Å². The van der Waals surface area contributed by atoms with Crippen LogP contribution < -0.4 is 0 Å². The molecule has 0 aromatic carbocycles. The summed E-state index contributed by atoms with van der Waals surface area (Å²) in [5.41, 5.74) is 0. The van der Waals surface area contributed by atoms with E-state index in [2.05, 4.69) is 4.74 Å². The van der Waals surface area contributed by atoms with Gasteiger partial charge in [0.2, 0.25) is 0 Å². The molecule has 1 N–H and O–H groups in total. The van der Waals surface area contributed by atoms with Gasteiger partial charge in [0.1, 0.15) is 12.7 Å². The minimum atomic E-state index is -0.717. The summed E-state index contributed by atoms with van der Waals surface area (Å²) < 4.78 is 9.34. The highest BCUT2D eigenvalue weighted by Crippen LogP contribution is 1.98. The molecule has 12 heavy (non-hydrogen) atoms. The van der Waals surface area contributed by atoms with Gasteiger partial charge in [-0.05, 0) is 20.3 Å². The monoisotopic (exact) mass is 176 g/mol. The first-order valence-corrected chi connectivity index (χ1v) is 4.07. The molecule has 0 radical (unpaired) electrons. The number of aliphatic hydroxyl groups excluding tert-OH is 1. The first kappa shape index (κ1) is 11.2. The van der Waals surface area contributed by atoms with Crippen molar-refractivity contribution in [3.05, 3.63) is 0 Å². The van der Waals surface area contributed by atoms with E-state index in [0.717, 1.165) is 6.42 Å². The molecule has 0 aromatic rings. The van der Waals surface area contributed by atoms with E-state index in [-0.39, 0.29) is 12.7 Å². The third kappa shape index (κ3) is 5.97. The van der Waals surface area contributed by atoms with Crippen molar-refractivity contribution in [1.82, 2.24) is 0 Å². The first-order valence-electron chi connectivity index (χ1n) is 4.07. The van der Waals surface area contributed by atoms with E-state index < -0.39 is 12.3 Å². The lowest BCUT2D eigenvalue weighted by molar-refractivity contribution is 0.00500. The van der Waals surface area contributed by atoms with E-state index >= 15 is 0 Å². The fourth-order valence-electron chi connectivity index (χ4n) is 0.470. The maximum absolute atomic E-state index is 10.8. The largest absolute Gasteiger partial charge is 0.508 e. The summed E-state index contributed by atoms with van der Waals surface area (Å²) in [5.74, 6) is 0. The van der Waals surface area contributed by atoms with Gasteiger partial charge in [0.25, 0.3) is 0 Å². The zero-order chi connectivity index (χ0) is 9.56. The van der Waals surface area contributed by atoms with Crippen LogP contribution in [0.4, 0.5) is 4.79 Å². The van der Waals surface area contributed by atoms with Crippen molar-refractivity contribution in [3.63, 3.8) is 0 Å². The number of carbonyl (C=O) groups excluding carboxylic acids is 1. The molecule has 4 heteroatoms. The Hall–Kier alpha value is -0.770. The molecule has 0 fully saturated rings. The predicted octanol–water partition coefficient (Wildman–Crippen LogP) is 1.32. The minimum Gasteiger partial charge on any atom is -0.432 e. The van der Waals surface area contributed by atoms with Crippen LogP contribution in [0.2, 0.25) is 0 Å². The summed E-state index contributed by atoms with van der Waals surface area (Å²) in [5, 5.41) is 8.76. The van der Waals surface area contributed by atoms with Crippen molar-refractivity contribution >= 4 is 6.16 Å². The Labute approximate surface area is 72.5 Å². The van der Waals surface area contributed by atoms with Crippen molar-refractivity contribution in [2.24, 2.45) is 0 Å². The van der Waals surface area contributed by atoms with Gasteiger partial charge < -0.3 is 14.6 Å². The average Bonchev–Trinajstić information content (AvgIpc) is 2.00. The Morgan fingerprint density at radius 2 is 2.08 bits per heavy atom. The van der Waals surface area contributed by atoms with Gasteiger partial charge in [-0.15, -0.1) is 0 Å². The van der Waals surface area contributed by atoms with Gasteiger partial charge in [0.05, 0.1) is 6.10 Å². The maximum atomic E-state index is 10.8. The van der Waals surface area contributed by atoms with Gasteiger partial charge in [0.15, 0.2) is 0 Å². The summed E-state index contributed by atoms with van der Waals surface area (Å²) in [6.45, 7) is 5.21. The number of rotatable bonds is 4. The van der Waals surface area contributed by atoms with Gasteiger partial charge >= 0.3 is 6.16 Å². The first-order chi connectivity index (χ1) is 5.56. The van der Waals surface area contributed by atoms with E-state index in [9.17, 15) is 4.79 Å². The molecule has 0 aliphatic carbocycles. The van der Waals surface area contributed by atoms with Crippen molar-refractivity contribution in [3.8, 4) is 0 Å². The van der Waals surface area contributed by atoms with Crippen molar-refractivity contribution in [1.29, 1.82) is 0 Å². The molecular formula is C8H16O4. The Morgan fingerprint density at radius 3 is 2.50 bits per heavy atom. The lowest BCUT2D eigenvalue weighted by atomic mass is 10.3. The number of hydrogen-bond donors (Lipinski definition) is 1. The molecule has 2 atom stereocenters. The molecule has 0 saturated heterocycles. The Morgan fingerprint density at radius 1 is 1.50 bits per heavy atom. The molecule has 0 heterocycles. The molecule has 0 rings (SSSR count). The molecule has 0 amide bonds.